The first-order chi connectivity index (χ1) is 11.5. The Labute approximate surface area is 142 Å². The average Bonchev–Trinajstić information content (AvgIpc) is 2.56. The Morgan fingerprint density at radius 1 is 1.17 bits per heavy atom. The SMILES string of the molecule is CCC(C)Nc1c(-c2c(F)cccc2Cl)c(F)nc2nccnc12. The van der Waals surface area contributed by atoms with E-state index in [2.05, 4.69) is 20.3 Å². The average molecular weight is 349 g/mol. The molecule has 1 unspecified atom stereocenters. The normalized spacial score (nSPS) is 12.4. The molecule has 0 saturated heterocycles. The molecule has 0 bridgehead atoms. The summed E-state index contributed by atoms with van der Waals surface area (Å²) in [7, 11) is 0. The van der Waals surface area contributed by atoms with Crippen molar-refractivity contribution in [2.24, 2.45) is 0 Å². The van der Waals surface area contributed by atoms with E-state index in [1.54, 1.807) is 0 Å². The Morgan fingerprint density at radius 3 is 2.62 bits per heavy atom. The molecule has 3 rings (SSSR count). The zero-order valence-electron chi connectivity index (χ0n) is 13.1. The van der Waals surface area contributed by atoms with E-state index in [-0.39, 0.29) is 27.8 Å². The van der Waals surface area contributed by atoms with Gasteiger partial charge in [-0.25, -0.2) is 14.4 Å². The number of benzene rings is 1. The first-order valence-electron chi connectivity index (χ1n) is 7.54. The predicted octanol–water partition coefficient (Wildman–Crippen LogP) is 4.83. The van der Waals surface area contributed by atoms with E-state index in [0.29, 0.717) is 11.2 Å². The Morgan fingerprint density at radius 2 is 1.92 bits per heavy atom. The molecule has 7 heteroatoms. The molecule has 0 saturated carbocycles. The van der Waals surface area contributed by atoms with Crippen LogP contribution in [0.15, 0.2) is 30.6 Å². The summed E-state index contributed by atoms with van der Waals surface area (Å²) in [6, 6.07) is 4.22. The number of fused-ring (bicyclic) bond motifs is 1. The minimum absolute atomic E-state index is 0.0151. The second-order valence-electron chi connectivity index (χ2n) is 5.43. The maximum atomic E-state index is 14.7. The molecule has 124 valence electrons. The van der Waals surface area contributed by atoms with Gasteiger partial charge < -0.3 is 5.32 Å². The fourth-order valence-corrected chi connectivity index (χ4v) is 2.67. The van der Waals surface area contributed by atoms with Crippen molar-refractivity contribution >= 4 is 28.5 Å². The lowest BCUT2D eigenvalue weighted by Gasteiger charge is -2.19. The maximum Gasteiger partial charge on any atom is 0.225 e. The number of hydrogen-bond acceptors (Lipinski definition) is 4. The van der Waals surface area contributed by atoms with Crippen LogP contribution >= 0.6 is 11.6 Å². The van der Waals surface area contributed by atoms with Crippen LogP contribution in [-0.4, -0.2) is 21.0 Å². The van der Waals surface area contributed by atoms with Crippen molar-refractivity contribution < 1.29 is 8.78 Å². The van der Waals surface area contributed by atoms with Crippen molar-refractivity contribution in [1.82, 2.24) is 15.0 Å². The summed E-state index contributed by atoms with van der Waals surface area (Å²) in [4.78, 5) is 12.1. The van der Waals surface area contributed by atoms with Crippen molar-refractivity contribution in [2.75, 3.05) is 5.32 Å². The molecule has 0 aliphatic heterocycles. The molecule has 4 nitrogen and oxygen atoms in total. The van der Waals surface area contributed by atoms with Crippen LogP contribution in [0.2, 0.25) is 5.02 Å². The number of pyridine rings is 1. The lowest BCUT2D eigenvalue weighted by Crippen LogP contribution is -2.16. The van der Waals surface area contributed by atoms with Gasteiger partial charge in [0.15, 0.2) is 5.65 Å². The van der Waals surface area contributed by atoms with E-state index in [1.807, 2.05) is 13.8 Å². The van der Waals surface area contributed by atoms with Crippen molar-refractivity contribution in [3.05, 3.63) is 47.4 Å². The van der Waals surface area contributed by atoms with Crippen LogP contribution in [0.1, 0.15) is 20.3 Å². The minimum atomic E-state index is -0.846. The van der Waals surface area contributed by atoms with Gasteiger partial charge in [0.25, 0.3) is 0 Å². The first-order valence-corrected chi connectivity index (χ1v) is 7.91. The van der Waals surface area contributed by atoms with Crippen LogP contribution in [0.25, 0.3) is 22.3 Å². The Bertz CT molecular complexity index is 881. The lowest BCUT2D eigenvalue weighted by atomic mass is 10.0. The quantitative estimate of drug-likeness (QED) is 0.686. The number of hydrogen-bond donors (Lipinski definition) is 1. The second-order valence-corrected chi connectivity index (χ2v) is 5.84. The third kappa shape index (κ3) is 2.89. The predicted molar refractivity (Wildman–Crippen MR) is 91.1 cm³/mol. The standard InChI is InChI=1S/C17H15ClF2N4/c1-3-9(2)23-14-13(12-10(18)5-4-6-11(12)19)16(20)24-17-15(14)21-7-8-22-17/h4-9H,3H2,1-2H3,(H,22,23,24). The molecule has 1 aromatic carbocycles. The molecule has 1 atom stereocenters. The summed E-state index contributed by atoms with van der Waals surface area (Å²) in [6.45, 7) is 3.92. The van der Waals surface area contributed by atoms with Gasteiger partial charge in [-0.3, -0.25) is 0 Å². The number of rotatable bonds is 4. The van der Waals surface area contributed by atoms with Gasteiger partial charge in [-0.15, -0.1) is 0 Å². The van der Waals surface area contributed by atoms with Gasteiger partial charge in [-0.2, -0.15) is 9.37 Å². The van der Waals surface area contributed by atoms with Crippen LogP contribution in [0, 0.1) is 11.8 Å². The van der Waals surface area contributed by atoms with E-state index in [1.165, 1.54) is 30.6 Å². The number of halogens is 3. The van der Waals surface area contributed by atoms with Crippen LogP contribution in [-0.2, 0) is 0 Å². The number of anilines is 1. The number of nitrogens with zero attached hydrogens (tertiary/aromatic N) is 3. The van der Waals surface area contributed by atoms with Crippen LogP contribution in [0.4, 0.5) is 14.5 Å². The molecule has 24 heavy (non-hydrogen) atoms. The molecule has 0 amide bonds. The number of aromatic nitrogens is 3. The molecule has 0 spiro atoms. The van der Waals surface area contributed by atoms with E-state index >= 15 is 0 Å². The highest BCUT2D eigenvalue weighted by Gasteiger charge is 2.23. The van der Waals surface area contributed by atoms with Gasteiger partial charge in [0.2, 0.25) is 5.95 Å². The molecule has 0 radical (unpaired) electrons. The summed E-state index contributed by atoms with van der Waals surface area (Å²) in [5.41, 5.74) is 0.784. The number of nitrogens with one attached hydrogen (secondary N) is 1. The molecule has 0 aliphatic rings. The van der Waals surface area contributed by atoms with Crippen LogP contribution in [0.5, 0.6) is 0 Å². The highest BCUT2D eigenvalue weighted by atomic mass is 35.5. The van der Waals surface area contributed by atoms with Crippen LogP contribution in [0.3, 0.4) is 0 Å². The summed E-state index contributed by atoms with van der Waals surface area (Å²) in [6.07, 6.45) is 3.70. The first kappa shape index (κ1) is 16.5. The summed E-state index contributed by atoms with van der Waals surface area (Å²) in [5.74, 6) is -1.47. The summed E-state index contributed by atoms with van der Waals surface area (Å²) < 4.78 is 29.1. The van der Waals surface area contributed by atoms with Gasteiger partial charge in [0.1, 0.15) is 11.3 Å². The molecule has 0 aliphatic carbocycles. The Kier molecular flexibility index (Phi) is 4.57. The summed E-state index contributed by atoms with van der Waals surface area (Å²) >= 11 is 6.13. The smallest absolute Gasteiger partial charge is 0.225 e. The highest BCUT2D eigenvalue weighted by molar-refractivity contribution is 6.33. The zero-order valence-corrected chi connectivity index (χ0v) is 13.9. The molecular formula is C17H15ClF2N4. The van der Waals surface area contributed by atoms with Crippen molar-refractivity contribution in [2.45, 2.75) is 26.3 Å². The molecule has 0 fully saturated rings. The summed E-state index contributed by atoms with van der Waals surface area (Å²) in [5, 5.41) is 3.29. The minimum Gasteiger partial charge on any atom is -0.380 e. The largest absolute Gasteiger partial charge is 0.380 e. The fourth-order valence-electron chi connectivity index (χ4n) is 2.41. The molecule has 2 heterocycles. The van der Waals surface area contributed by atoms with Crippen molar-refractivity contribution in [3.63, 3.8) is 0 Å². The van der Waals surface area contributed by atoms with Gasteiger partial charge in [0, 0.05) is 24.0 Å². The monoisotopic (exact) mass is 348 g/mol. The van der Waals surface area contributed by atoms with Gasteiger partial charge in [-0.1, -0.05) is 24.6 Å². The fraction of sp³-hybridized carbons (Fsp3) is 0.235. The van der Waals surface area contributed by atoms with E-state index in [9.17, 15) is 8.78 Å². The Hall–Kier alpha value is -2.34. The van der Waals surface area contributed by atoms with Gasteiger partial charge in [-0.05, 0) is 25.5 Å². The molecular weight excluding hydrogens is 334 g/mol. The molecule has 1 N–H and O–H groups in total. The highest BCUT2D eigenvalue weighted by Crippen LogP contribution is 2.39. The van der Waals surface area contributed by atoms with E-state index in [0.717, 1.165) is 6.42 Å². The topological polar surface area (TPSA) is 50.7 Å². The molecule has 3 aromatic rings. The third-order valence-corrected chi connectivity index (χ3v) is 4.11. The van der Waals surface area contributed by atoms with Crippen molar-refractivity contribution in [3.8, 4) is 11.1 Å². The lowest BCUT2D eigenvalue weighted by molar-refractivity contribution is 0.586. The third-order valence-electron chi connectivity index (χ3n) is 3.79. The molecule has 2 aromatic heterocycles. The van der Waals surface area contributed by atoms with Crippen LogP contribution < -0.4 is 5.32 Å². The maximum absolute atomic E-state index is 14.7. The van der Waals surface area contributed by atoms with Crippen molar-refractivity contribution in [1.29, 1.82) is 0 Å². The second kappa shape index (κ2) is 6.65. The van der Waals surface area contributed by atoms with E-state index in [4.69, 9.17) is 11.6 Å². The van der Waals surface area contributed by atoms with Gasteiger partial charge in [0.05, 0.1) is 16.3 Å². The van der Waals surface area contributed by atoms with E-state index < -0.39 is 11.8 Å². The Balaban J connectivity index is 2.38. The van der Waals surface area contributed by atoms with Gasteiger partial charge >= 0.3 is 0 Å². The zero-order chi connectivity index (χ0) is 17.3.